The lowest BCUT2D eigenvalue weighted by Gasteiger charge is -2.15. The second kappa shape index (κ2) is 6.99. The van der Waals surface area contributed by atoms with Crippen LogP contribution in [-0.4, -0.2) is 6.26 Å². The lowest BCUT2D eigenvalue weighted by Crippen LogP contribution is -2.17. The van der Waals surface area contributed by atoms with E-state index in [4.69, 9.17) is 0 Å². The highest BCUT2D eigenvalue weighted by Gasteiger charge is 2.05. The fraction of sp³-hybridized carbons (Fsp3) is 0.200. The van der Waals surface area contributed by atoms with Gasteiger partial charge in [0, 0.05) is 17.5 Å². The third kappa shape index (κ3) is 3.52. The van der Waals surface area contributed by atoms with Crippen molar-refractivity contribution in [3.8, 4) is 0 Å². The monoisotopic (exact) mass is 307 g/mol. The van der Waals surface area contributed by atoms with Crippen molar-refractivity contribution in [1.29, 1.82) is 0 Å². The van der Waals surface area contributed by atoms with Gasteiger partial charge in [0.2, 0.25) is 0 Å². The van der Waals surface area contributed by atoms with Crippen LogP contribution in [0.15, 0.2) is 71.6 Å². The van der Waals surface area contributed by atoms with Crippen molar-refractivity contribution in [2.45, 2.75) is 24.4 Å². The Morgan fingerprint density at radius 3 is 2.36 bits per heavy atom. The van der Waals surface area contributed by atoms with Crippen molar-refractivity contribution in [2.75, 3.05) is 6.26 Å². The van der Waals surface area contributed by atoms with Gasteiger partial charge >= 0.3 is 0 Å². The molecular formula is C20H21NS. The summed E-state index contributed by atoms with van der Waals surface area (Å²) >= 11 is 1.78. The molecule has 3 aromatic rings. The molecule has 0 saturated heterocycles. The quantitative estimate of drug-likeness (QED) is 0.632. The zero-order valence-corrected chi connectivity index (χ0v) is 13.9. The van der Waals surface area contributed by atoms with Crippen LogP contribution in [0.5, 0.6) is 0 Å². The molecule has 0 fully saturated rings. The van der Waals surface area contributed by atoms with Crippen LogP contribution in [0.3, 0.4) is 0 Å². The van der Waals surface area contributed by atoms with Gasteiger partial charge in [-0.15, -0.1) is 11.8 Å². The number of hydrogen-bond acceptors (Lipinski definition) is 2. The minimum atomic E-state index is 0.338. The molecule has 0 aliphatic rings. The Kier molecular flexibility index (Phi) is 4.81. The van der Waals surface area contributed by atoms with Crippen LogP contribution in [0.2, 0.25) is 0 Å². The summed E-state index contributed by atoms with van der Waals surface area (Å²) in [6.45, 7) is 3.11. The van der Waals surface area contributed by atoms with Crippen molar-refractivity contribution in [3.05, 3.63) is 77.9 Å². The third-order valence-electron chi connectivity index (χ3n) is 4.04. The molecule has 1 unspecified atom stereocenters. The molecule has 1 N–H and O–H groups in total. The molecule has 22 heavy (non-hydrogen) atoms. The van der Waals surface area contributed by atoms with E-state index in [2.05, 4.69) is 85.2 Å². The second-order valence-corrected chi connectivity index (χ2v) is 6.44. The number of nitrogens with one attached hydrogen (secondary N) is 1. The molecule has 0 heterocycles. The van der Waals surface area contributed by atoms with Gasteiger partial charge in [0.25, 0.3) is 0 Å². The highest BCUT2D eigenvalue weighted by Crippen LogP contribution is 2.21. The van der Waals surface area contributed by atoms with Gasteiger partial charge < -0.3 is 5.32 Å². The number of hydrogen-bond donors (Lipinski definition) is 1. The van der Waals surface area contributed by atoms with Crippen molar-refractivity contribution < 1.29 is 0 Å². The van der Waals surface area contributed by atoms with Crippen molar-refractivity contribution >= 4 is 22.5 Å². The molecule has 3 rings (SSSR count). The Bertz CT molecular complexity index is 749. The number of rotatable bonds is 5. The van der Waals surface area contributed by atoms with Gasteiger partial charge in [-0.25, -0.2) is 0 Å². The summed E-state index contributed by atoms with van der Waals surface area (Å²) in [5.74, 6) is 0. The SMILES string of the molecule is CSc1ccc(CNC(C)c2ccc3ccccc3c2)cc1. The molecule has 3 aromatic carbocycles. The number of benzene rings is 3. The van der Waals surface area contributed by atoms with E-state index in [0.29, 0.717) is 6.04 Å². The summed E-state index contributed by atoms with van der Waals surface area (Å²) in [5, 5.41) is 6.21. The van der Waals surface area contributed by atoms with Crippen LogP contribution in [0.4, 0.5) is 0 Å². The van der Waals surface area contributed by atoms with E-state index in [9.17, 15) is 0 Å². The van der Waals surface area contributed by atoms with Crippen LogP contribution in [0.25, 0.3) is 10.8 Å². The van der Waals surface area contributed by atoms with E-state index >= 15 is 0 Å². The fourth-order valence-corrected chi connectivity index (χ4v) is 3.02. The highest BCUT2D eigenvalue weighted by molar-refractivity contribution is 7.98. The van der Waals surface area contributed by atoms with Gasteiger partial charge in [0.1, 0.15) is 0 Å². The smallest absolute Gasteiger partial charge is 0.0295 e. The van der Waals surface area contributed by atoms with E-state index in [1.54, 1.807) is 11.8 Å². The summed E-state index contributed by atoms with van der Waals surface area (Å²) in [4.78, 5) is 1.31. The van der Waals surface area contributed by atoms with Crippen LogP contribution in [-0.2, 0) is 6.54 Å². The molecule has 0 aromatic heterocycles. The van der Waals surface area contributed by atoms with E-state index in [0.717, 1.165) is 6.54 Å². The average Bonchev–Trinajstić information content (AvgIpc) is 2.59. The summed E-state index contributed by atoms with van der Waals surface area (Å²) in [5.41, 5.74) is 2.66. The Morgan fingerprint density at radius 2 is 1.64 bits per heavy atom. The van der Waals surface area contributed by atoms with E-state index < -0.39 is 0 Å². The second-order valence-electron chi connectivity index (χ2n) is 5.56. The van der Waals surface area contributed by atoms with Crippen molar-refractivity contribution in [2.24, 2.45) is 0 Å². The molecule has 0 saturated carbocycles. The maximum absolute atomic E-state index is 3.61. The molecule has 2 heteroatoms. The normalized spacial score (nSPS) is 12.5. The molecule has 0 spiro atoms. The maximum atomic E-state index is 3.61. The molecule has 1 atom stereocenters. The van der Waals surface area contributed by atoms with Gasteiger partial charge in [-0.05, 0) is 53.3 Å². The number of thioether (sulfide) groups is 1. The minimum absolute atomic E-state index is 0.338. The van der Waals surface area contributed by atoms with Gasteiger partial charge in [-0.3, -0.25) is 0 Å². The fourth-order valence-electron chi connectivity index (χ4n) is 2.61. The Labute approximate surface area is 136 Å². The molecule has 0 radical (unpaired) electrons. The zero-order chi connectivity index (χ0) is 15.4. The van der Waals surface area contributed by atoms with Crippen LogP contribution >= 0.6 is 11.8 Å². The largest absolute Gasteiger partial charge is 0.306 e. The molecule has 112 valence electrons. The predicted octanol–water partition coefficient (Wildman–Crippen LogP) is 5.41. The molecule has 1 nitrogen and oxygen atoms in total. The number of fused-ring (bicyclic) bond motifs is 1. The Hall–Kier alpha value is -1.77. The first-order chi connectivity index (χ1) is 10.8. The highest BCUT2D eigenvalue weighted by atomic mass is 32.2. The average molecular weight is 307 g/mol. The maximum Gasteiger partial charge on any atom is 0.0295 e. The van der Waals surface area contributed by atoms with Gasteiger partial charge in [0.15, 0.2) is 0 Å². The Balaban J connectivity index is 1.68. The molecule has 0 bridgehead atoms. The third-order valence-corrected chi connectivity index (χ3v) is 4.79. The molecule has 0 amide bonds. The van der Waals surface area contributed by atoms with Crippen LogP contribution < -0.4 is 5.32 Å². The summed E-state index contributed by atoms with van der Waals surface area (Å²) in [6, 6.07) is 24.3. The topological polar surface area (TPSA) is 12.0 Å². The van der Waals surface area contributed by atoms with Gasteiger partial charge in [-0.1, -0.05) is 48.5 Å². The van der Waals surface area contributed by atoms with E-state index in [1.165, 1.54) is 26.8 Å². The summed E-state index contributed by atoms with van der Waals surface area (Å²) in [7, 11) is 0. The van der Waals surface area contributed by atoms with E-state index in [-0.39, 0.29) is 0 Å². The standard InChI is InChI=1S/C20H21NS/c1-15(21-14-16-7-11-20(22-2)12-8-16)18-10-9-17-5-3-4-6-19(17)13-18/h3-13,15,21H,14H2,1-2H3. The van der Waals surface area contributed by atoms with Crippen molar-refractivity contribution in [1.82, 2.24) is 5.32 Å². The van der Waals surface area contributed by atoms with Crippen LogP contribution in [0, 0.1) is 0 Å². The van der Waals surface area contributed by atoms with Gasteiger partial charge in [0.05, 0.1) is 0 Å². The predicted molar refractivity (Wildman–Crippen MR) is 97.4 cm³/mol. The Morgan fingerprint density at radius 1 is 0.909 bits per heavy atom. The lowest BCUT2D eigenvalue weighted by atomic mass is 10.0. The first kappa shape index (κ1) is 15.1. The lowest BCUT2D eigenvalue weighted by molar-refractivity contribution is 0.575. The van der Waals surface area contributed by atoms with Crippen LogP contribution in [0.1, 0.15) is 24.1 Å². The summed E-state index contributed by atoms with van der Waals surface area (Å²) < 4.78 is 0. The van der Waals surface area contributed by atoms with Gasteiger partial charge in [-0.2, -0.15) is 0 Å². The van der Waals surface area contributed by atoms with Crippen molar-refractivity contribution in [3.63, 3.8) is 0 Å². The molecule has 0 aliphatic carbocycles. The van der Waals surface area contributed by atoms with E-state index in [1.807, 2.05) is 0 Å². The zero-order valence-electron chi connectivity index (χ0n) is 13.0. The first-order valence-corrected chi connectivity index (χ1v) is 8.84. The first-order valence-electron chi connectivity index (χ1n) is 7.61. The molecular weight excluding hydrogens is 286 g/mol. The molecule has 0 aliphatic heterocycles. The minimum Gasteiger partial charge on any atom is -0.306 e. The summed E-state index contributed by atoms with van der Waals surface area (Å²) in [6.07, 6.45) is 2.11.